The number of nitriles is 1. The standard InChI is InChI=1S/C18H10Cl2N6S2/c1-27-18-22-5-4-13(25-18)15-11(7-21)14(10-3-2-9(19)6-12(10)20)16(28-15)17-23-8-24-26-17/h2-6,8H,1H3,(H,23,24,26). The lowest BCUT2D eigenvalue weighted by molar-refractivity contribution is 0.978. The molecule has 0 spiro atoms. The van der Waals surface area contributed by atoms with Gasteiger partial charge in [-0.2, -0.15) is 5.26 Å². The molecule has 0 aliphatic carbocycles. The summed E-state index contributed by atoms with van der Waals surface area (Å²) in [6.07, 6.45) is 5.07. The molecule has 0 aliphatic rings. The molecule has 0 amide bonds. The van der Waals surface area contributed by atoms with Crippen LogP contribution in [-0.2, 0) is 0 Å². The second-order valence-electron chi connectivity index (χ2n) is 5.51. The van der Waals surface area contributed by atoms with Crippen LogP contribution in [0.1, 0.15) is 5.56 Å². The fraction of sp³-hybridized carbons (Fsp3) is 0.0556. The third-order valence-corrected chi connectivity index (χ3v) is 6.23. The van der Waals surface area contributed by atoms with Gasteiger partial charge >= 0.3 is 0 Å². The summed E-state index contributed by atoms with van der Waals surface area (Å²) in [5, 5.41) is 19.6. The van der Waals surface area contributed by atoms with Crippen molar-refractivity contribution >= 4 is 46.3 Å². The number of hydrogen-bond acceptors (Lipinski definition) is 7. The van der Waals surface area contributed by atoms with Crippen LogP contribution < -0.4 is 0 Å². The molecule has 0 fully saturated rings. The molecule has 6 nitrogen and oxygen atoms in total. The number of nitrogens with one attached hydrogen (secondary N) is 1. The summed E-state index contributed by atoms with van der Waals surface area (Å²) in [4.78, 5) is 13.2. The fourth-order valence-corrected chi connectivity index (χ4v) is 4.76. The Morgan fingerprint density at radius 1 is 1.21 bits per heavy atom. The average molecular weight is 445 g/mol. The lowest BCUT2D eigenvalue weighted by Gasteiger charge is -2.06. The zero-order valence-electron chi connectivity index (χ0n) is 14.3. The van der Waals surface area contributed by atoms with Crippen LogP contribution in [0.4, 0.5) is 0 Å². The van der Waals surface area contributed by atoms with Crippen LogP contribution in [0.3, 0.4) is 0 Å². The second-order valence-corrected chi connectivity index (χ2v) is 8.15. The molecule has 3 heterocycles. The molecule has 3 aromatic heterocycles. The van der Waals surface area contributed by atoms with Gasteiger partial charge in [0.25, 0.3) is 0 Å². The molecule has 0 aliphatic heterocycles. The topological polar surface area (TPSA) is 91.1 Å². The third-order valence-electron chi connectivity index (χ3n) is 3.90. The lowest BCUT2D eigenvalue weighted by atomic mass is 9.99. The van der Waals surface area contributed by atoms with Crippen LogP contribution in [0.2, 0.25) is 10.0 Å². The van der Waals surface area contributed by atoms with E-state index in [0.29, 0.717) is 48.3 Å². The number of thiophene rings is 1. The Bertz CT molecular complexity index is 1200. The van der Waals surface area contributed by atoms with E-state index < -0.39 is 0 Å². The number of aromatic nitrogens is 5. The van der Waals surface area contributed by atoms with Gasteiger partial charge in [-0.1, -0.05) is 41.0 Å². The second kappa shape index (κ2) is 7.89. The molecule has 0 bridgehead atoms. The van der Waals surface area contributed by atoms with Crippen molar-refractivity contribution in [2.45, 2.75) is 5.16 Å². The predicted octanol–water partition coefficient (Wildman–Crippen LogP) is 5.56. The Labute approximate surface area is 178 Å². The van der Waals surface area contributed by atoms with Crippen molar-refractivity contribution in [1.82, 2.24) is 25.1 Å². The van der Waals surface area contributed by atoms with Crippen molar-refractivity contribution in [2.24, 2.45) is 0 Å². The number of halogens is 2. The van der Waals surface area contributed by atoms with E-state index in [-0.39, 0.29) is 0 Å². The van der Waals surface area contributed by atoms with Crippen molar-refractivity contribution in [3.63, 3.8) is 0 Å². The van der Waals surface area contributed by atoms with E-state index in [9.17, 15) is 5.26 Å². The van der Waals surface area contributed by atoms with Gasteiger partial charge in [0.05, 0.1) is 21.0 Å². The molecule has 0 unspecified atom stereocenters. The number of thioether (sulfide) groups is 1. The highest BCUT2D eigenvalue weighted by molar-refractivity contribution is 7.98. The van der Waals surface area contributed by atoms with Crippen LogP contribution in [0.15, 0.2) is 41.9 Å². The number of nitrogens with zero attached hydrogens (tertiary/aromatic N) is 5. The Kier molecular flexibility index (Phi) is 5.33. The third kappa shape index (κ3) is 3.38. The molecule has 10 heteroatoms. The smallest absolute Gasteiger partial charge is 0.187 e. The van der Waals surface area contributed by atoms with Gasteiger partial charge in [-0.05, 0) is 24.5 Å². The molecule has 1 N–H and O–H groups in total. The van der Waals surface area contributed by atoms with E-state index >= 15 is 0 Å². The monoisotopic (exact) mass is 444 g/mol. The summed E-state index contributed by atoms with van der Waals surface area (Å²) in [6, 6.07) is 9.28. The Balaban J connectivity index is 2.03. The molecular weight excluding hydrogens is 435 g/mol. The molecule has 0 saturated carbocycles. The summed E-state index contributed by atoms with van der Waals surface area (Å²) in [5.41, 5.74) is 2.49. The first kappa shape index (κ1) is 18.9. The highest BCUT2D eigenvalue weighted by Gasteiger charge is 2.25. The summed E-state index contributed by atoms with van der Waals surface area (Å²) >= 11 is 15.4. The largest absolute Gasteiger partial charge is 0.327 e. The number of aromatic amines is 1. The number of rotatable bonds is 4. The SMILES string of the molecule is CSc1nccc(-c2sc(-c3nnc[nH]3)c(-c3ccc(Cl)cc3Cl)c2C#N)n1. The molecule has 0 radical (unpaired) electrons. The molecule has 28 heavy (non-hydrogen) atoms. The molecule has 4 aromatic rings. The van der Waals surface area contributed by atoms with E-state index in [1.54, 1.807) is 30.5 Å². The number of hydrogen-bond donors (Lipinski definition) is 1. The van der Waals surface area contributed by atoms with E-state index in [0.717, 1.165) is 4.88 Å². The summed E-state index contributed by atoms with van der Waals surface area (Å²) in [7, 11) is 0. The van der Waals surface area contributed by atoms with Gasteiger partial charge in [-0.15, -0.1) is 21.5 Å². The van der Waals surface area contributed by atoms with Gasteiger partial charge in [-0.3, -0.25) is 0 Å². The van der Waals surface area contributed by atoms with Crippen LogP contribution in [-0.4, -0.2) is 31.4 Å². The highest BCUT2D eigenvalue weighted by atomic mass is 35.5. The zero-order chi connectivity index (χ0) is 19.7. The first-order chi connectivity index (χ1) is 13.6. The van der Waals surface area contributed by atoms with Crippen molar-refractivity contribution in [3.05, 3.63) is 52.4 Å². The van der Waals surface area contributed by atoms with Crippen molar-refractivity contribution < 1.29 is 0 Å². The summed E-state index contributed by atoms with van der Waals surface area (Å²) in [5.74, 6) is 0.549. The highest BCUT2D eigenvalue weighted by Crippen LogP contribution is 2.47. The molecule has 1 aromatic carbocycles. The van der Waals surface area contributed by atoms with Gasteiger partial charge < -0.3 is 4.98 Å². The van der Waals surface area contributed by atoms with Gasteiger partial charge in [0.2, 0.25) is 0 Å². The van der Waals surface area contributed by atoms with Crippen LogP contribution in [0, 0.1) is 11.3 Å². The van der Waals surface area contributed by atoms with Crippen molar-refractivity contribution in [3.8, 4) is 38.5 Å². The van der Waals surface area contributed by atoms with Crippen LogP contribution in [0.25, 0.3) is 32.4 Å². The van der Waals surface area contributed by atoms with Gasteiger partial charge in [0.1, 0.15) is 12.4 Å². The predicted molar refractivity (Wildman–Crippen MR) is 113 cm³/mol. The minimum atomic E-state index is 0.446. The van der Waals surface area contributed by atoms with E-state index in [4.69, 9.17) is 23.2 Å². The zero-order valence-corrected chi connectivity index (χ0v) is 17.4. The van der Waals surface area contributed by atoms with Crippen LogP contribution >= 0.6 is 46.3 Å². The minimum Gasteiger partial charge on any atom is -0.327 e. The maximum Gasteiger partial charge on any atom is 0.187 e. The van der Waals surface area contributed by atoms with E-state index in [1.807, 2.05) is 6.26 Å². The Morgan fingerprint density at radius 2 is 2.07 bits per heavy atom. The Hall–Kier alpha value is -2.44. The maximum atomic E-state index is 10.00. The van der Waals surface area contributed by atoms with E-state index in [1.165, 1.54) is 29.4 Å². The van der Waals surface area contributed by atoms with Gasteiger partial charge in [-0.25, -0.2) is 9.97 Å². The quantitative estimate of drug-likeness (QED) is 0.327. The number of benzene rings is 1. The van der Waals surface area contributed by atoms with Crippen molar-refractivity contribution in [1.29, 1.82) is 5.26 Å². The fourth-order valence-electron chi connectivity index (χ4n) is 2.72. The van der Waals surface area contributed by atoms with Gasteiger partial charge in [0.15, 0.2) is 11.0 Å². The minimum absolute atomic E-state index is 0.446. The summed E-state index contributed by atoms with van der Waals surface area (Å²) < 4.78 is 0. The molecule has 138 valence electrons. The normalized spacial score (nSPS) is 10.8. The molecule has 0 atom stereocenters. The average Bonchev–Trinajstić information content (AvgIpc) is 3.35. The first-order valence-electron chi connectivity index (χ1n) is 7.88. The van der Waals surface area contributed by atoms with Gasteiger partial charge in [0, 0.05) is 27.4 Å². The summed E-state index contributed by atoms with van der Waals surface area (Å²) in [6.45, 7) is 0. The van der Waals surface area contributed by atoms with Crippen LogP contribution in [0.5, 0.6) is 0 Å². The molecule has 4 rings (SSSR count). The first-order valence-corrected chi connectivity index (χ1v) is 10.7. The number of H-pyrrole nitrogens is 1. The maximum absolute atomic E-state index is 10.00. The molecular formula is C18H10Cl2N6S2. The lowest BCUT2D eigenvalue weighted by Crippen LogP contribution is -1.90. The van der Waals surface area contributed by atoms with Crippen molar-refractivity contribution in [2.75, 3.05) is 6.26 Å². The van der Waals surface area contributed by atoms with E-state index in [2.05, 4.69) is 31.2 Å². The Morgan fingerprint density at radius 3 is 2.75 bits per heavy atom. The molecule has 0 saturated heterocycles.